The van der Waals surface area contributed by atoms with Crippen molar-refractivity contribution in [1.82, 2.24) is 10.3 Å². The Hall–Kier alpha value is -2.87. The van der Waals surface area contributed by atoms with Gasteiger partial charge < -0.3 is 15.4 Å². The molecule has 1 aliphatic rings. The lowest BCUT2D eigenvalue weighted by Crippen LogP contribution is -2.29. The van der Waals surface area contributed by atoms with Gasteiger partial charge in [-0.3, -0.25) is 4.79 Å². The molecule has 0 bridgehead atoms. The van der Waals surface area contributed by atoms with Crippen LogP contribution in [0.15, 0.2) is 63.6 Å². The quantitative estimate of drug-likeness (QED) is 0.455. The minimum absolute atomic E-state index is 0.0803. The van der Waals surface area contributed by atoms with E-state index >= 15 is 0 Å². The highest BCUT2D eigenvalue weighted by atomic mass is 32.2. The standard InChI is InChI=1S/C20H18N4O3S3/c1-3-7-27-19(26)16-12(2)23-18(13(10-21)17(16)14-5-4-8-28-14)30-11-15(25)24-20-22-6-9-29-20/h3-6,8-9,17,23H,1,7,11H2,2H3,(H,22,24,25)/t17-/m1/s1. The zero-order valence-electron chi connectivity index (χ0n) is 16.0. The van der Waals surface area contributed by atoms with Gasteiger partial charge in [0.25, 0.3) is 0 Å². The summed E-state index contributed by atoms with van der Waals surface area (Å²) >= 11 is 3.99. The highest BCUT2D eigenvalue weighted by molar-refractivity contribution is 8.03. The average molecular weight is 459 g/mol. The summed E-state index contributed by atoms with van der Waals surface area (Å²) in [7, 11) is 0. The number of carbonyl (C=O) groups is 2. The summed E-state index contributed by atoms with van der Waals surface area (Å²) < 4.78 is 5.26. The minimum Gasteiger partial charge on any atom is -0.458 e. The van der Waals surface area contributed by atoms with Crippen LogP contribution in [-0.4, -0.2) is 29.2 Å². The van der Waals surface area contributed by atoms with E-state index in [-0.39, 0.29) is 18.3 Å². The summed E-state index contributed by atoms with van der Waals surface area (Å²) in [6.45, 7) is 5.40. The van der Waals surface area contributed by atoms with E-state index in [2.05, 4.69) is 28.3 Å². The van der Waals surface area contributed by atoms with Crippen molar-refractivity contribution in [3.63, 3.8) is 0 Å². The van der Waals surface area contributed by atoms with E-state index in [4.69, 9.17) is 4.74 Å². The molecule has 1 aliphatic heterocycles. The lowest BCUT2D eigenvalue weighted by molar-refractivity contribution is -0.138. The van der Waals surface area contributed by atoms with E-state index in [1.165, 1.54) is 40.5 Å². The molecule has 154 valence electrons. The van der Waals surface area contributed by atoms with Crippen molar-refractivity contribution in [1.29, 1.82) is 5.26 Å². The molecule has 0 fully saturated rings. The number of thiazole rings is 1. The number of dihydropyridines is 1. The number of hydrogen-bond donors (Lipinski definition) is 2. The van der Waals surface area contributed by atoms with Gasteiger partial charge in [0, 0.05) is 22.2 Å². The van der Waals surface area contributed by atoms with Gasteiger partial charge in [0.05, 0.1) is 33.9 Å². The number of amides is 1. The number of ether oxygens (including phenoxy) is 1. The molecule has 0 saturated carbocycles. The number of nitrogens with zero attached hydrogens (tertiary/aromatic N) is 2. The van der Waals surface area contributed by atoms with Gasteiger partial charge in [-0.05, 0) is 18.4 Å². The molecule has 3 heterocycles. The van der Waals surface area contributed by atoms with Gasteiger partial charge in [0.15, 0.2) is 5.13 Å². The Morgan fingerprint density at radius 2 is 2.30 bits per heavy atom. The Morgan fingerprint density at radius 1 is 1.47 bits per heavy atom. The van der Waals surface area contributed by atoms with E-state index in [0.29, 0.717) is 27.0 Å². The molecule has 2 aromatic rings. The van der Waals surface area contributed by atoms with Crippen LogP contribution in [-0.2, 0) is 14.3 Å². The molecule has 2 aromatic heterocycles. The normalized spacial score (nSPS) is 15.9. The lowest BCUT2D eigenvalue weighted by atomic mass is 9.87. The average Bonchev–Trinajstić information content (AvgIpc) is 3.44. The SMILES string of the molecule is C=CCOC(=O)C1=C(C)NC(SCC(=O)Nc2nccs2)=C(C#N)[C@@H]1c1cccs1. The summed E-state index contributed by atoms with van der Waals surface area (Å²) in [5.74, 6) is -1.20. The van der Waals surface area contributed by atoms with Gasteiger partial charge in [-0.25, -0.2) is 9.78 Å². The lowest BCUT2D eigenvalue weighted by Gasteiger charge is -2.28. The van der Waals surface area contributed by atoms with Crippen LogP contribution in [0.1, 0.15) is 17.7 Å². The van der Waals surface area contributed by atoms with Gasteiger partial charge in [-0.15, -0.1) is 22.7 Å². The monoisotopic (exact) mass is 458 g/mol. The van der Waals surface area contributed by atoms with Gasteiger partial charge in [0.1, 0.15) is 6.61 Å². The van der Waals surface area contributed by atoms with Crippen LogP contribution < -0.4 is 10.6 Å². The fraction of sp³-hybridized carbons (Fsp3) is 0.200. The predicted octanol–water partition coefficient (Wildman–Crippen LogP) is 4.00. The minimum atomic E-state index is -0.557. The molecule has 30 heavy (non-hydrogen) atoms. The third-order valence-electron chi connectivity index (χ3n) is 4.05. The summed E-state index contributed by atoms with van der Waals surface area (Å²) in [5, 5.41) is 20.5. The van der Waals surface area contributed by atoms with E-state index < -0.39 is 11.9 Å². The van der Waals surface area contributed by atoms with Crippen LogP contribution in [0.5, 0.6) is 0 Å². The predicted molar refractivity (Wildman–Crippen MR) is 120 cm³/mol. The topological polar surface area (TPSA) is 104 Å². The molecule has 2 N–H and O–H groups in total. The number of anilines is 1. The molecule has 0 saturated heterocycles. The van der Waals surface area contributed by atoms with Crippen LogP contribution in [0.4, 0.5) is 5.13 Å². The van der Waals surface area contributed by atoms with Gasteiger partial charge >= 0.3 is 5.97 Å². The van der Waals surface area contributed by atoms with E-state index in [1.807, 2.05) is 17.5 Å². The van der Waals surface area contributed by atoms with Crippen molar-refractivity contribution in [3.05, 3.63) is 68.5 Å². The Bertz CT molecular complexity index is 1030. The van der Waals surface area contributed by atoms with Gasteiger partial charge in [0.2, 0.25) is 5.91 Å². The molecule has 7 nitrogen and oxygen atoms in total. The number of esters is 1. The second-order valence-electron chi connectivity index (χ2n) is 6.03. The van der Waals surface area contributed by atoms with Gasteiger partial charge in [-0.1, -0.05) is 30.5 Å². The van der Waals surface area contributed by atoms with Crippen LogP contribution in [0.25, 0.3) is 0 Å². The summed E-state index contributed by atoms with van der Waals surface area (Å²) in [6.07, 6.45) is 3.10. The molecule has 10 heteroatoms. The molecular formula is C20H18N4O3S3. The maximum absolute atomic E-state index is 12.7. The van der Waals surface area contributed by atoms with Crippen LogP contribution in [0.3, 0.4) is 0 Å². The Morgan fingerprint density at radius 3 is 2.93 bits per heavy atom. The number of thioether (sulfide) groups is 1. The summed E-state index contributed by atoms with van der Waals surface area (Å²) in [6, 6.07) is 5.97. The fourth-order valence-electron chi connectivity index (χ4n) is 2.83. The molecular weight excluding hydrogens is 440 g/mol. The van der Waals surface area contributed by atoms with Crippen LogP contribution in [0, 0.1) is 11.3 Å². The summed E-state index contributed by atoms with van der Waals surface area (Å²) in [5.41, 5.74) is 1.34. The third kappa shape index (κ3) is 4.99. The molecule has 0 radical (unpaired) electrons. The number of carbonyl (C=O) groups excluding carboxylic acids is 2. The Labute approximate surface area is 186 Å². The number of thiophene rings is 1. The van der Waals surface area contributed by atoms with Crippen LogP contribution in [0.2, 0.25) is 0 Å². The molecule has 0 aliphatic carbocycles. The molecule has 0 aromatic carbocycles. The Balaban J connectivity index is 1.86. The largest absolute Gasteiger partial charge is 0.458 e. The van der Waals surface area contributed by atoms with E-state index in [0.717, 1.165) is 4.88 Å². The summed E-state index contributed by atoms with van der Waals surface area (Å²) in [4.78, 5) is 29.8. The molecule has 3 rings (SSSR count). The first-order chi connectivity index (χ1) is 14.5. The molecule has 1 amide bonds. The number of aromatic nitrogens is 1. The van der Waals surface area contributed by atoms with Gasteiger partial charge in [-0.2, -0.15) is 5.26 Å². The maximum atomic E-state index is 12.7. The molecule has 0 spiro atoms. The Kier molecular flexibility index (Phi) is 7.46. The first kappa shape index (κ1) is 21.8. The van der Waals surface area contributed by atoms with Crippen molar-refractivity contribution in [2.24, 2.45) is 0 Å². The number of nitrogens with one attached hydrogen (secondary N) is 2. The number of nitriles is 1. The zero-order chi connectivity index (χ0) is 21.5. The second-order valence-corrected chi connectivity index (χ2v) is 8.89. The molecule has 1 atom stereocenters. The zero-order valence-corrected chi connectivity index (χ0v) is 18.5. The first-order valence-corrected chi connectivity index (χ1v) is 11.5. The van der Waals surface area contributed by atoms with Crippen LogP contribution >= 0.6 is 34.4 Å². The number of rotatable bonds is 8. The first-order valence-electron chi connectivity index (χ1n) is 8.80. The maximum Gasteiger partial charge on any atom is 0.337 e. The molecule has 0 unspecified atom stereocenters. The second kappa shape index (κ2) is 10.2. The van der Waals surface area contributed by atoms with E-state index in [1.54, 1.807) is 18.5 Å². The van der Waals surface area contributed by atoms with Crippen molar-refractivity contribution in [2.45, 2.75) is 12.8 Å². The van der Waals surface area contributed by atoms with Crippen molar-refractivity contribution in [2.75, 3.05) is 17.7 Å². The van der Waals surface area contributed by atoms with Crippen molar-refractivity contribution < 1.29 is 14.3 Å². The highest BCUT2D eigenvalue weighted by Gasteiger charge is 2.36. The van der Waals surface area contributed by atoms with Crippen molar-refractivity contribution >= 4 is 51.4 Å². The number of hydrogen-bond acceptors (Lipinski definition) is 9. The smallest absolute Gasteiger partial charge is 0.337 e. The highest BCUT2D eigenvalue weighted by Crippen LogP contribution is 2.42. The third-order valence-corrected chi connectivity index (χ3v) is 6.70. The number of allylic oxidation sites excluding steroid dienone is 2. The fourth-order valence-corrected chi connectivity index (χ4v) is 5.11. The van der Waals surface area contributed by atoms with E-state index in [9.17, 15) is 14.9 Å². The van der Waals surface area contributed by atoms with Crippen molar-refractivity contribution in [3.8, 4) is 6.07 Å².